The second-order valence-electron chi connectivity index (χ2n) is 6.54. The summed E-state index contributed by atoms with van der Waals surface area (Å²) in [6, 6.07) is 24.2. The van der Waals surface area contributed by atoms with E-state index in [0.29, 0.717) is 5.56 Å². The Morgan fingerprint density at radius 1 is 0.871 bits per heavy atom. The van der Waals surface area contributed by atoms with Crippen molar-refractivity contribution in [2.45, 2.75) is 12.8 Å². The SMILES string of the molecule is O=C(CCC(=O)N(c1ccccc1)c1ccccc1)NN=Cc1ccc([N+](=O)[O-])cc1. The molecule has 0 bridgehead atoms. The molecule has 0 atom stereocenters. The minimum Gasteiger partial charge on any atom is -0.281 e. The second kappa shape index (κ2) is 10.4. The number of hydrazone groups is 1. The Kier molecular flexibility index (Phi) is 7.21. The summed E-state index contributed by atoms with van der Waals surface area (Å²) >= 11 is 0. The van der Waals surface area contributed by atoms with Crippen molar-refractivity contribution in [3.63, 3.8) is 0 Å². The number of amides is 2. The van der Waals surface area contributed by atoms with Gasteiger partial charge in [0, 0.05) is 36.3 Å². The monoisotopic (exact) mass is 416 g/mol. The molecule has 0 spiro atoms. The van der Waals surface area contributed by atoms with Crippen molar-refractivity contribution in [3.8, 4) is 0 Å². The zero-order valence-corrected chi connectivity index (χ0v) is 16.5. The van der Waals surface area contributed by atoms with Crippen LogP contribution < -0.4 is 10.3 Å². The van der Waals surface area contributed by atoms with Gasteiger partial charge in [-0.3, -0.25) is 24.6 Å². The summed E-state index contributed by atoms with van der Waals surface area (Å²) in [5.74, 6) is -0.625. The van der Waals surface area contributed by atoms with E-state index in [-0.39, 0.29) is 24.4 Å². The third-order valence-corrected chi connectivity index (χ3v) is 4.35. The molecule has 2 amide bonds. The molecule has 0 radical (unpaired) electrons. The van der Waals surface area contributed by atoms with Crippen LogP contribution in [0.5, 0.6) is 0 Å². The molecule has 0 saturated heterocycles. The first-order valence-electron chi connectivity index (χ1n) is 9.54. The van der Waals surface area contributed by atoms with Gasteiger partial charge in [-0.25, -0.2) is 5.43 Å². The van der Waals surface area contributed by atoms with Crippen molar-refractivity contribution < 1.29 is 14.5 Å². The van der Waals surface area contributed by atoms with Crippen molar-refractivity contribution in [2.24, 2.45) is 5.10 Å². The minimum atomic E-state index is -0.492. The summed E-state index contributed by atoms with van der Waals surface area (Å²) in [5, 5.41) is 14.5. The number of nitro groups is 1. The van der Waals surface area contributed by atoms with Gasteiger partial charge < -0.3 is 0 Å². The Bertz CT molecular complexity index is 1030. The van der Waals surface area contributed by atoms with Crippen LogP contribution in [-0.2, 0) is 9.59 Å². The van der Waals surface area contributed by atoms with Crippen molar-refractivity contribution >= 4 is 35.1 Å². The van der Waals surface area contributed by atoms with Gasteiger partial charge in [0.2, 0.25) is 11.8 Å². The molecular weight excluding hydrogens is 396 g/mol. The van der Waals surface area contributed by atoms with Gasteiger partial charge in [0.25, 0.3) is 5.69 Å². The van der Waals surface area contributed by atoms with Crippen LogP contribution in [0.3, 0.4) is 0 Å². The number of nitrogens with zero attached hydrogens (tertiary/aromatic N) is 3. The largest absolute Gasteiger partial charge is 0.281 e. The standard InChI is InChI=1S/C23H20N4O4/c28-22(25-24-17-18-11-13-21(14-12-18)27(30)31)15-16-23(29)26(19-7-3-1-4-8-19)20-9-5-2-6-10-20/h1-14,17H,15-16H2,(H,25,28). The highest BCUT2D eigenvalue weighted by atomic mass is 16.6. The van der Waals surface area contributed by atoms with E-state index in [2.05, 4.69) is 10.5 Å². The van der Waals surface area contributed by atoms with E-state index < -0.39 is 10.8 Å². The van der Waals surface area contributed by atoms with Crippen LogP contribution in [0.4, 0.5) is 17.1 Å². The van der Waals surface area contributed by atoms with Gasteiger partial charge in [0.15, 0.2) is 0 Å². The molecule has 8 nitrogen and oxygen atoms in total. The van der Waals surface area contributed by atoms with Crippen LogP contribution in [0.2, 0.25) is 0 Å². The molecule has 0 heterocycles. The molecule has 0 saturated carbocycles. The van der Waals surface area contributed by atoms with Crippen LogP contribution in [-0.4, -0.2) is 23.0 Å². The lowest BCUT2D eigenvalue weighted by atomic mass is 10.2. The van der Waals surface area contributed by atoms with E-state index in [1.807, 2.05) is 60.7 Å². The Balaban J connectivity index is 1.58. The Morgan fingerprint density at radius 2 is 1.42 bits per heavy atom. The maximum absolute atomic E-state index is 12.9. The predicted molar refractivity (Wildman–Crippen MR) is 118 cm³/mol. The van der Waals surface area contributed by atoms with Gasteiger partial charge in [0.1, 0.15) is 0 Å². The molecule has 0 aliphatic heterocycles. The molecule has 3 aromatic carbocycles. The quantitative estimate of drug-likeness (QED) is 0.338. The summed E-state index contributed by atoms with van der Waals surface area (Å²) in [7, 11) is 0. The number of carbonyl (C=O) groups excluding carboxylic acids is 2. The third kappa shape index (κ3) is 6.07. The van der Waals surface area contributed by atoms with E-state index in [1.165, 1.54) is 30.5 Å². The van der Waals surface area contributed by atoms with Gasteiger partial charge in [-0.1, -0.05) is 36.4 Å². The Hall–Kier alpha value is -4.33. The summed E-state index contributed by atoms with van der Waals surface area (Å²) in [6.45, 7) is 0. The van der Waals surface area contributed by atoms with Gasteiger partial charge in [-0.15, -0.1) is 0 Å². The summed E-state index contributed by atoms with van der Waals surface area (Å²) in [4.78, 5) is 36.7. The maximum Gasteiger partial charge on any atom is 0.269 e. The van der Waals surface area contributed by atoms with Crippen LogP contribution in [0.25, 0.3) is 0 Å². The zero-order valence-electron chi connectivity index (χ0n) is 16.5. The first-order valence-corrected chi connectivity index (χ1v) is 9.54. The number of nitrogens with one attached hydrogen (secondary N) is 1. The zero-order chi connectivity index (χ0) is 22.1. The third-order valence-electron chi connectivity index (χ3n) is 4.35. The van der Waals surface area contributed by atoms with Gasteiger partial charge >= 0.3 is 0 Å². The number of carbonyl (C=O) groups is 2. The first-order chi connectivity index (χ1) is 15.0. The Labute approximate surface area is 179 Å². The number of hydrogen-bond acceptors (Lipinski definition) is 5. The Morgan fingerprint density at radius 3 is 1.94 bits per heavy atom. The lowest BCUT2D eigenvalue weighted by molar-refractivity contribution is -0.384. The van der Waals surface area contributed by atoms with E-state index in [1.54, 1.807) is 4.90 Å². The highest BCUT2D eigenvalue weighted by molar-refractivity contribution is 6.01. The van der Waals surface area contributed by atoms with Crippen molar-refractivity contribution in [3.05, 3.63) is 101 Å². The van der Waals surface area contributed by atoms with Gasteiger partial charge in [-0.2, -0.15) is 5.10 Å². The average molecular weight is 416 g/mol. The summed E-state index contributed by atoms with van der Waals surface area (Å²) in [5.41, 5.74) is 4.38. The number of rotatable bonds is 8. The normalized spacial score (nSPS) is 10.6. The number of benzene rings is 3. The first kappa shape index (κ1) is 21.4. The molecule has 0 unspecified atom stereocenters. The molecule has 0 aliphatic rings. The average Bonchev–Trinajstić information content (AvgIpc) is 2.80. The predicted octanol–water partition coefficient (Wildman–Crippen LogP) is 4.19. The fourth-order valence-electron chi connectivity index (χ4n) is 2.84. The fourth-order valence-corrected chi connectivity index (χ4v) is 2.84. The number of para-hydroxylation sites is 2. The van der Waals surface area contributed by atoms with Gasteiger partial charge in [0.05, 0.1) is 11.1 Å². The van der Waals surface area contributed by atoms with Crippen molar-refractivity contribution in [2.75, 3.05) is 4.90 Å². The number of anilines is 2. The fraction of sp³-hybridized carbons (Fsp3) is 0.0870. The molecule has 0 aliphatic carbocycles. The number of nitro benzene ring substituents is 1. The van der Waals surface area contributed by atoms with E-state index in [4.69, 9.17) is 0 Å². The molecule has 8 heteroatoms. The number of non-ortho nitro benzene ring substituents is 1. The van der Waals surface area contributed by atoms with Crippen molar-refractivity contribution in [1.82, 2.24) is 5.43 Å². The maximum atomic E-state index is 12.9. The summed E-state index contributed by atoms with van der Waals surface area (Å²) < 4.78 is 0. The molecule has 156 valence electrons. The molecule has 0 aromatic heterocycles. The van der Waals surface area contributed by atoms with E-state index in [9.17, 15) is 19.7 Å². The minimum absolute atomic E-state index is 0.00265. The highest BCUT2D eigenvalue weighted by Gasteiger charge is 2.18. The topological polar surface area (TPSA) is 105 Å². The van der Waals surface area contributed by atoms with Crippen LogP contribution in [0, 0.1) is 10.1 Å². The van der Waals surface area contributed by atoms with E-state index >= 15 is 0 Å². The molecule has 31 heavy (non-hydrogen) atoms. The summed E-state index contributed by atoms with van der Waals surface area (Å²) in [6.07, 6.45) is 1.35. The molecule has 1 N–H and O–H groups in total. The lowest BCUT2D eigenvalue weighted by Crippen LogP contribution is -2.27. The smallest absolute Gasteiger partial charge is 0.269 e. The highest BCUT2D eigenvalue weighted by Crippen LogP contribution is 2.26. The molecule has 3 aromatic rings. The number of hydrogen-bond donors (Lipinski definition) is 1. The van der Waals surface area contributed by atoms with Gasteiger partial charge in [-0.05, 0) is 42.0 Å². The van der Waals surface area contributed by atoms with Crippen LogP contribution in [0.15, 0.2) is 90.0 Å². The lowest BCUT2D eigenvalue weighted by Gasteiger charge is -2.23. The van der Waals surface area contributed by atoms with Crippen LogP contribution >= 0.6 is 0 Å². The van der Waals surface area contributed by atoms with Crippen molar-refractivity contribution in [1.29, 1.82) is 0 Å². The van der Waals surface area contributed by atoms with E-state index in [0.717, 1.165) is 11.4 Å². The molecule has 3 rings (SSSR count). The molecular formula is C23H20N4O4. The molecule has 0 fully saturated rings. The second-order valence-corrected chi connectivity index (χ2v) is 6.54. The van der Waals surface area contributed by atoms with Crippen LogP contribution in [0.1, 0.15) is 18.4 Å².